The summed E-state index contributed by atoms with van der Waals surface area (Å²) in [5, 5.41) is 4.57. The number of nitrogens with one attached hydrogen (secondary N) is 1. The van der Waals surface area contributed by atoms with Crippen molar-refractivity contribution in [1.29, 1.82) is 0 Å². The number of halogens is 2. The Morgan fingerprint density at radius 3 is 3.07 bits per heavy atom. The standard InChI is InChI=1S/C9H9ClIN3O/c1-6(14-13-5-9(11)15)7-2-3-12-4-8(7)10/h2-4,13H,5H2,1H3. The number of hydrogen-bond acceptors (Lipinski definition) is 4. The second-order valence-corrected chi connectivity index (χ2v) is 4.35. The molecule has 0 spiro atoms. The molecule has 0 amide bonds. The zero-order valence-electron chi connectivity index (χ0n) is 8.00. The lowest BCUT2D eigenvalue weighted by Gasteiger charge is -2.03. The number of rotatable bonds is 4. The van der Waals surface area contributed by atoms with Crippen molar-refractivity contribution in [3.05, 3.63) is 29.0 Å². The molecule has 1 aromatic rings. The average Bonchev–Trinajstić information content (AvgIpc) is 2.17. The van der Waals surface area contributed by atoms with Crippen LogP contribution >= 0.6 is 34.2 Å². The summed E-state index contributed by atoms with van der Waals surface area (Å²) in [6.45, 7) is 2.02. The summed E-state index contributed by atoms with van der Waals surface area (Å²) in [6, 6.07) is 1.77. The van der Waals surface area contributed by atoms with E-state index < -0.39 is 0 Å². The fourth-order valence-corrected chi connectivity index (χ4v) is 1.38. The van der Waals surface area contributed by atoms with Crippen LogP contribution < -0.4 is 5.43 Å². The van der Waals surface area contributed by atoms with E-state index >= 15 is 0 Å². The van der Waals surface area contributed by atoms with Gasteiger partial charge in [0.15, 0.2) is 0 Å². The Balaban J connectivity index is 2.72. The monoisotopic (exact) mass is 337 g/mol. The van der Waals surface area contributed by atoms with Crippen LogP contribution in [0.3, 0.4) is 0 Å². The van der Waals surface area contributed by atoms with Crippen molar-refractivity contribution in [3.63, 3.8) is 0 Å². The Hall–Kier alpha value is -0.690. The zero-order chi connectivity index (χ0) is 11.3. The van der Waals surface area contributed by atoms with E-state index in [4.69, 9.17) is 11.6 Å². The van der Waals surface area contributed by atoms with Crippen LogP contribution in [0.15, 0.2) is 23.6 Å². The van der Waals surface area contributed by atoms with Crippen molar-refractivity contribution in [3.8, 4) is 0 Å². The minimum atomic E-state index is 0.00461. The minimum Gasteiger partial charge on any atom is -0.302 e. The number of hydrogen-bond donors (Lipinski definition) is 1. The van der Waals surface area contributed by atoms with E-state index in [0.29, 0.717) is 5.02 Å². The second kappa shape index (κ2) is 6.02. The summed E-state index contributed by atoms with van der Waals surface area (Å²) in [5.41, 5.74) is 4.19. The summed E-state index contributed by atoms with van der Waals surface area (Å²) in [4.78, 5) is 14.5. The first-order chi connectivity index (χ1) is 7.11. The van der Waals surface area contributed by atoms with Gasteiger partial charge in [0.25, 0.3) is 0 Å². The van der Waals surface area contributed by atoms with Crippen LogP contribution in [0.25, 0.3) is 0 Å². The van der Waals surface area contributed by atoms with Gasteiger partial charge in [-0.15, -0.1) is 0 Å². The summed E-state index contributed by atoms with van der Waals surface area (Å²) in [6.07, 6.45) is 3.20. The SMILES string of the molecule is CC(=NNCC(=O)I)c1ccncc1Cl. The molecule has 0 unspecified atom stereocenters. The van der Waals surface area contributed by atoms with Gasteiger partial charge < -0.3 is 5.43 Å². The third-order valence-corrected chi connectivity index (χ3v) is 2.31. The van der Waals surface area contributed by atoms with Gasteiger partial charge in [0.1, 0.15) is 6.54 Å². The first-order valence-corrected chi connectivity index (χ1v) is 5.62. The highest BCUT2D eigenvalue weighted by atomic mass is 127. The lowest BCUT2D eigenvalue weighted by atomic mass is 10.2. The molecular weight excluding hydrogens is 328 g/mol. The van der Waals surface area contributed by atoms with E-state index in [-0.39, 0.29) is 10.3 Å². The molecule has 0 aliphatic heterocycles. The number of carbonyl (C=O) groups is 1. The molecule has 0 saturated heterocycles. The van der Waals surface area contributed by atoms with Gasteiger partial charge in [0, 0.05) is 40.5 Å². The highest BCUT2D eigenvalue weighted by Gasteiger charge is 2.02. The van der Waals surface area contributed by atoms with Gasteiger partial charge >= 0.3 is 0 Å². The number of nitrogens with zero attached hydrogens (tertiary/aromatic N) is 2. The molecule has 1 aromatic heterocycles. The first kappa shape index (κ1) is 12.4. The smallest absolute Gasteiger partial charge is 0.212 e. The van der Waals surface area contributed by atoms with Crippen molar-refractivity contribution in [2.75, 3.05) is 6.54 Å². The number of aromatic nitrogens is 1. The van der Waals surface area contributed by atoms with Gasteiger partial charge in [-0.2, -0.15) is 5.10 Å². The first-order valence-electron chi connectivity index (χ1n) is 4.16. The van der Waals surface area contributed by atoms with Gasteiger partial charge in [-0.3, -0.25) is 9.78 Å². The Kier molecular flexibility index (Phi) is 4.97. The molecule has 0 bridgehead atoms. The molecule has 0 fully saturated rings. The predicted octanol–water partition coefficient (Wildman–Crippen LogP) is 2.01. The molecule has 0 aromatic carbocycles. The molecule has 0 saturated carbocycles. The van der Waals surface area contributed by atoms with E-state index in [1.165, 1.54) is 0 Å². The van der Waals surface area contributed by atoms with E-state index in [9.17, 15) is 4.79 Å². The quantitative estimate of drug-likeness (QED) is 0.396. The highest BCUT2D eigenvalue weighted by Crippen LogP contribution is 2.13. The number of pyridine rings is 1. The predicted molar refractivity (Wildman–Crippen MR) is 68.5 cm³/mol. The van der Waals surface area contributed by atoms with Crippen LogP contribution in [0, 0.1) is 0 Å². The Bertz CT molecular complexity index is 395. The van der Waals surface area contributed by atoms with Crippen molar-refractivity contribution in [1.82, 2.24) is 10.4 Å². The maximum atomic E-state index is 10.6. The maximum Gasteiger partial charge on any atom is 0.212 e. The lowest BCUT2D eigenvalue weighted by Crippen LogP contribution is -2.15. The summed E-state index contributed by atoms with van der Waals surface area (Å²) < 4.78 is 0.00461. The molecule has 1 N–H and O–H groups in total. The fraction of sp³-hybridized carbons (Fsp3) is 0.222. The van der Waals surface area contributed by atoms with Crippen LogP contribution in [-0.4, -0.2) is 21.0 Å². The van der Waals surface area contributed by atoms with E-state index in [1.807, 2.05) is 6.92 Å². The van der Waals surface area contributed by atoms with Crippen LogP contribution in [0.4, 0.5) is 0 Å². The molecular formula is C9H9ClIN3O. The van der Waals surface area contributed by atoms with Crippen LogP contribution in [-0.2, 0) is 4.79 Å². The van der Waals surface area contributed by atoms with Crippen molar-refractivity contribution in [2.24, 2.45) is 5.10 Å². The molecule has 0 aliphatic rings. The van der Waals surface area contributed by atoms with Gasteiger partial charge in [-0.1, -0.05) is 11.6 Å². The van der Waals surface area contributed by atoms with Crippen LogP contribution in [0.1, 0.15) is 12.5 Å². The van der Waals surface area contributed by atoms with E-state index in [0.717, 1.165) is 11.3 Å². The molecule has 15 heavy (non-hydrogen) atoms. The van der Waals surface area contributed by atoms with Gasteiger partial charge in [0.2, 0.25) is 3.79 Å². The molecule has 4 nitrogen and oxygen atoms in total. The van der Waals surface area contributed by atoms with Gasteiger partial charge in [-0.05, 0) is 13.0 Å². The lowest BCUT2D eigenvalue weighted by molar-refractivity contribution is -0.108. The highest BCUT2D eigenvalue weighted by molar-refractivity contribution is 14.1. The summed E-state index contributed by atoms with van der Waals surface area (Å²) >= 11 is 7.62. The Labute approximate surface area is 106 Å². The normalized spacial score (nSPS) is 11.3. The maximum absolute atomic E-state index is 10.6. The molecule has 80 valence electrons. The van der Waals surface area contributed by atoms with Gasteiger partial charge in [0.05, 0.1) is 10.7 Å². The van der Waals surface area contributed by atoms with E-state index in [2.05, 4.69) is 15.5 Å². The van der Waals surface area contributed by atoms with Crippen molar-refractivity contribution >= 4 is 43.7 Å². The minimum absolute atomic E-state index is 0.00461. The summed E-state index contributed by atoms with van der Waals surface area (Å²) in [5.74, 6) is 0. The third-order valence-electron chi connectivity index (χ3n) is 1.63. The summed E-state index contributed by atoms with van der Waals surface area (Å²) in [7, 11) is 0. The Morgan fingerprint density at radius 2 is 2.47 bits per heavy atom. The van der Waals surface area contributed by atoms with Gasteiger partial charge in [-0.25, -0.2) is 0 Å². The average molecular weight is 338 g/mol. The number of carbonyl (C=O) groups excluding carboxylic acids is 1. The second-order valence-electron chi connectivity index (χ2n) is 2.74. The zero-order valence-corrected chi connectivity index (χ0v) is 10.9. The van der Waals surface area contributed by atoms with Crippen molar-refractivity contribution < 1.29 is 4.79 Å². The third kappa shape index (κ3) is 4.13. The molecule has 0 radical (unpaired) electrons. The largest absolute Gasteiger partial charge is 0.302 e. The molecule has 6 heteroatoms. The topological polar surface area (TPSA) is 54.4 Å². The fourth-order valence-electron chi connectivity index (χ4n) is 0.949. The number of hydrazone groups is 1. The molecule has 1 rings (SSSR count). The Morgan fingerprint density at radius 1 is 1.73 bits per heavy atom. The van der Waals surface area contributed by atoms with Crippen LogP contribution in [0.5, 0.6) is 0 Å². The molecule has 0 atom stereocenters. The molecule has 0 aliphatic carbocycles. The molecule has 1 heterocycles. The van der Waals surface area contributed by atoms with E-state index in [1.54, 1.807) is 41.1 Å². The van der Waals surface area contributed by atoms with Crippen LogP contribution in [0.2, 0.25) is 5.02 Å². The van der Waals surface area contributed by atoms with Crippen molar-refractivity contribution in [2.45, 2.75) is 6.92 Å².